The fraction of sp³-hybridized carbons (Fsp3) is 0.667. The van der Waals surface area contributed by atoms with Crippen LogP contribution in [0.5, 0.6) is 0 Å². The number of aryl methyl sites for hydroxylation is 1. The third-order valence-corrected chi connectivity index (χ3v) is 4.49. The van der Waals surface area contributed by atoms with Gasteiger partial charge < -0.3 is 10.6 Å². The lowest BCUT2D eigenvalue weighted by Gasteiger charge is -2.34. The van der Waals surface area contributed by atoms with Gasteiger partial charge in [-0.05, 0) is 45.3 Å². The molecule has 1 aromatic rings. The molecule has 21 heavy (non-hydrogen) atoms. The summed E-state index contributed by atoms with van der Waals surface area (Å²) in [6, 6.07) is 4.77. The van der Waals surface area contributed by atoms with E-state index in [4.69, 9.17) is 11.0 Å². The minimum Gasteiger partial charge on any atom is -0.339 e. The first kappa shape index (κ1) is 14.2. The summed E-state index contributed by atoms with van der Waals surface area (Å²) in [6.07, 6.45) is 3.32. The van der Waals surface area contributed by atoms with E-state index >= 15 is 0 Å². The molecule has 1 atom stereocenters. The van der Waals surface area contributed by atoms with Crippen LogP contribution >= 0.6 is 0 Å². The zero-order valence-corrected chi connectivity index (χ0v) is 12.5. The third-order valence-electron chi connectivity index (χ3n) is 4.49. The van der Waals surface area contributed by atoms with Crippen LogP contribution < -0.4 is 10.6 Å². The summed E-state index contributed by atoms with van der Waals surface area (Å²) in [6.45, 7) is 6.01. The van der Waals surface area contributed by atoms with Crippen LogP contribution in [0.1, 0.15) is 30.7 Å². The van der Waals surface area contributed by atoms with Crippen LogP contribution in [0.2, 0.25) is 0 Å². The van der Waals surface area contributed by atoms with Crippen LogP contribution in [0, 0.1) is 18.3 Å². The lowest BCUT2D eigenvalue weighted by molar-refractivity contribution is 0.163. The lowest BCUT2D eigenvalue weighted by atomic mass is 10.0. The van der Waals surface area contributed by atoms with Gasteiger partial charge in [-0.25, -0.2) is 9.97 Å². The maximum Gasteiger partial charge on any atom is 0.226 e. The molecule has 2 aliphatic heterocycles. The molecule has 3 rings (SSSR count). The van der Waals surface area contributed by atoms with Crippen LogP contribution in [0.15, 0.2) is 6.07 Å². The Morgan fingerprint density at radius 3 is 2.71 bits per heavy atom. The number of hydrogen-bond donors (Lipinski definition) is 1. The zero-order chi connectivity index (χ0) is 14.8. The summed E-state index contributed by atoms with van der Waals surface area (Å²) in [4.78, 5) is 13.6. The summed E-state index contributed by atoms with van der Waals surface area (Å²) in [5.41, 5.74) is 7.27. The highest BCUT2D eigenvalue weighted by Crippen LogP contribution is 2.23. The second kappa shape index (κ2) is 5.96. The van der Waals surface area contributed by atoms with Gasteiger partial charge in [-0.3, -0.25) is 4.90 Å². The maximum absolute atomic E-state index is 9.03. The summed E-state index contributed by atoms with van der Waals surface area (Å²) in [7, 11) is 0. The van der Waals surface area contributed by atoms with E-state index in [-0.39, 0.29) is 0 Å². The minimum atomic E-state index is 0.372. The van der Waals surface area contributed by atoms with Crippen molar-refractivity contribution in [1.82, 2.24) is 14.9 Å². The molecule has 0 spiro atoms. The molecule has 2 fully saturated rings. The van der Waals surface area contributed by atoms with E-state index in [2.05, 4.69) is 25.8 Å². The highest BCUT2D eigenvalue weighted by atomic mass is 15.3. The molecule has 2 N–H and O–H groups in total. The van der Waals surface area contributed by atoms with Gasteiger partial charge in [0, 0.05) is 30.9 Å². The molecule has 2 saturated heterocycles. The van der Waals surface area contributed by atoms with Gasteiger partial charge >= 0.3 is 0 Å². The molecule has 2 aliphatic rings. The molecule has 112 valence electrons. The Morgan fingerprint density at radius 2 is 2.00 bits per heavy atom. The first-order valence-electron chi connectivity index (χ1n) is 7.66. The van der Waals surface area contributed by atoms with Crippen LogP contribution in [0.3, 0.4) is 0 Å². The Labute approximate surface area is 125 Å². The second-order valence-electron chi connectivity index (χ2n) is 6.07. The molecule has 3 heterocycles. The van der Waals surface area contributed by atoms with E-state index in [0.29, 0.717) is 23.7 Å². The highest BCUT2D eigenvalue weighted by molar-refractivity contribution is 5.37. The molecule has 6 nitrogen and oxygen atoms in total. The molecule has 0 aromatic carbocycles. The second-order valence-corrected chi connectivity index (χ2v) is 6.07. The molecular formula is C15H22N6. The number of nitrogens with two attached hydrogens (primary N) is 1. The number of piperidine rings is 1. The van der Waals surface area contributed by atoms with Gasteiger partial charge in [-0.1, -0.05) is 0 Å². The smallest absolute Gasteiger partial charge is 0.226 e. The average Bonchev–Trinajstić information content (AvgIpc) is 2.97. The molecular weight excluding hydrogens is 264 g/mol. The van der Waals surface area contributed by atoms with Crippen molar-refractivity contribution in [2.45, 2.75) is 38.3 Å². The van der Waals surface area contributed by atoms with E-state index in [0.717, 1.165) is 51.1 Å². The molecule has 0 saturated carbocycles. The number of hydrogen-bond acceptors (Lipinski definition) is 6. The summed E-state index contributed by atoms with van der Waals surface area (Å²) in [5, 5.41) is 9.03. The van der Waals surface area contributed by atoms with Gasteiger partial charge in [0.2, 0.25) is 5.95 Å². The van der Waals surface area contributed by atoms with Crippen molar-refractivity contribution in [3.63, 3.8) is 0 Å². The first-order valence-corrected chi connectivity index (χ1v) is 7.66. The molecule has 0 amide bonds. The van der Waals surface area contributed by atoms with Gasteiger partial charge in [0.25, 0.3) is 0 Å². The van der Waals surface area contributed by atoms with Gasteiger partial charge in [-0.15, -0.1) is 0 Å². The van der Waals surface area contributed by atoms with Crippen molar-refractivity contribution >= 4 is 5.95 Å². The molecule has 0 bridgehead atoms. The van der Waals surface area contributed by atoms with E-state index in [1.807, 2.05) is 6.92 Å². The predicted octanol–water partition coefficient (Wildman–Crippen LogP) is 0.659. The van der Waals surface area contributed by atoms with Crippen molar-refractivity contribution in [2.24, 2.45) is 5.73 Å². The van der Waals surface area contributed by atoms with Crippen molar-refractivity contribution in [3.8, 4) is 6.07 Å². The number of likely N-dealkylation sites (tertiary alicyclic amines) is 1. The highest BCUT2D eigenvalue weighted by Gasteiger charge is 2.31. The fourth-order valence-corrected chi connectivity index (χ4v) is 3.26. The van der Waals surface area contributed by atoms with Crippen molar-refractivity contribution in [3.05, 3.63) is 17.5 Å². The summed E-state index contributed by atoms with van der Waals surface area (Å²) < 4.78 is 0. The number of anilines is 1. The number of aromatic nitrogens is 2. The van der Waals surface area contributed by atoms with Crippen molar-refractivity contribution < 1.29 is 0 Å². The predicted molar refractivity (Wildman–Crippen MR) is 80.9 cm³/mol. The van der Waals surface area contributed by atoms with Crippen LogP contribution in [-0.4, -0.2) is 53.1 Å². The maximum atomic E-state index is 9.03. The van der Waals surface area contributed by atoms with Gasteiger partial charge in [0.1, 0.15) is 11.8 Å². The monoisotopic (exact) mass is 286 g/mol. The molecule has 1 unspecified atom stereocenters. The topological polar surface area (TPSA) is 82.1 Å². The van der Waals surface area contributed by atoms with E-state index < -0.39 is 0 Å². The van der Waals surface area contributed by atoms with Gasteiger partial charge in [-0.2, -0.15) is 5.26 Å². The van der Waals surface area contributed by atoms with E-state index in [1.165, 1.54) is 0 Å². The van der Waals surface area contributed by atoms with Crippen LogP contribution in [0.4, 0.5) is 5.95 Å². The normalized spacial score (nSPS) is 24.2. The SMILES string of the molecule is Cc1cc(C#N)nc(N2CCC(N3CCC(N)CC3)C2)n1. The quantitative estimate of drug-likeness (QED) is 0.860. The zero-order valence-electron chi connectivity index (χ0n) is 12.5. The first-order chi connectivity index (χ1) is 10.2. The lowest BCUT2D eigenvalue weighted by Crippen LogP contribution is -2.46. The summed E-state index contributed by atoms with van der Waals surface area (Å²) >= 11 is 0. The Balaban J connectivity index is 1.67. The Kier molecular flexibility index (Phi) is 4.04. The molecule has 1 aromatic heterocycles. The standard InChI is InChI=1S/C15H22N6/c1-11-8-13(9-16)19-15(18-11)21-7-4-14(10-21)20-5-2-12(17)3-6-20/h8,12,14H,2-7,10,17H2,1H3. The Morgan fingerprint density at radius 1 is 1.24 bits per heavy atom. The largest absolute Gasteiger partial charge is 0.339 e. The number of rotatable bonds is 2. The van der Waals surface area contributed by atoms with Crippen LogP contribution in [0.25, 0.3) is 0 Å². The molecule has 6 heteroatoms. The van der Waals surface area contributed by atoms with Crippen molar-refractivity contribution in [2.75, 3.05) is 31.1 Å². The minimum absolute atomic E-state index is 0.372. The average molecular weight is 286 g/mol. The van der Waals surface area contributed by atoms with Gasteiger partial charge in [0.15, 0.2) is 0 Å². The van der Waals surface area contributed by atoms with Crippen molar-refractivity contribution in [1.29, 1.82) is 5.26 Å². The molecule has 0 radical (unpaired) electrons. The van der Waals surface area contributed by atoms with Gasteiger partial charge in [0.05, 0.1) is 0 Å². The van der Waals surface area contributed by atoms with E-state index in [1.54, 1.807) is 6.07 Å². The molecule has 0 aliphatic carbocycles. The number of nitriles is 1. The Hall–Kier alpha value is -1.71. The Bertz CT molecular complexity index is 544. The number of nitrogens with zero attached hydrogens (tertiary/aromatic N) is 5. The third kappa shape index (κ3) is 3.14. The summed E-state index contributed by atoms with van der Waals surface area (Å²) in [5.74, 6) is 0.697. The fourth-order valence-electron chi connectivity index (χ4n) is 3.26. The van der Waals surface area contributed by atoms with Crippen LogP contribution in [-0.2, 0) is 0 Å². The van der Waals surface area contributed by atoms with E-state index in [9.17, 15) is 0 Å².